The fourth-order valence-corrected chi connectivity index (χ4v) is 1.29. The molecule has 0 saturated heterocycles. The van der Waals surface area contributed by atoms with Crippen LogP contribution in [-0.4, -0.2) is 0 Å². The van der Waals surface area contributed by atoms with Crippen LogP contribution < -0.4 is 34.9 Å². The molecule has 0 unspecified atom stereocenters. The molecule has 0 aromatic heterocycles. The van der Waals surface area contributed by atoms with Gasteiger partial charge in [0.05, 0.1) is 0 Å². The van der Waals surface area contributed by atoms with Crippen LogP contribution in [0.5, 0.6) is 0 Å². The van der Waals surface area contributed by atoms with E-state index < -0.39 is 0 Å². The SMILES string of the molecule is O=Nc1ccc(Nc2ccccc2)cc1.[Na+]. The average molecular weight is 221 g/mol. The van der Waals surface area contributed by atoms with Crippen LogP contribution in [0.4, 0.5) is 17.1 Å². The summed E-state index contributed by atoms with van der Waals surface area (Å²) in [6, 6.07) is 16.8. The minimum atomic E-state index is 0. The molecule has 0 heterocycles. The van der Waals surface area contributed by atoms with Gasteiger partial charge in [-0.1, -0.05) is 18.2 Å². The van der Waals surface area contributed by atoms with Crippen LogP contribution in [0, 0.1) is 4.91 Å². The summed E-state index contributed by atoms with van der Waals surface area (Å²) in [5.41, 5.74) is 2.39. The van der Waals surface area contributed by atoms with Crippen LogP contribution in [0.25, 0.3) is 0 Å². The molecular weight excluding hydrogens is 211 g/mol. The van der Waals surface area contributed by atoms with Crippen molar-refractivity contribution in [1.29, 1.82) is 0 Å². The molecule has 0 radical (unpaired) electrons. The van der Waals surface area contributed by atoms with E-state index >= 15 is 0 Å². The summed E-state index contributed by atoms with van der Waals surface area (Å²) < 4.78 is 0. The Labute approximate surface area is 116 Å². The predicted molar refractivity (Wildman–Crippen MR) is 61.6 cm³/mol. The van der Waals surface area contributed by atoms with Crippen molar-refractivity contribution < 1.29 is 29.6 Å². The Kier molecular flexibility index (Phi) is 5.19. The average Bonchev–Trinajstić information content (AvgIpc) is 2.31. The van der Waals surface area contributed by atoms with Gasteiger partial charge in [0.15, 0.2) is 0 Å². The fraction of sp³-hybridized carbons (Fsp3) is 0. The molecule has 2 aromatic rings. The summed E-state index contributed by atoms with van der Waals surface area (Å²) in [4.78, 5) is 10.2. The van der Waals surface area contributed by atoms with Gasteiger partial charge in [-0.05, 0) is 41.6 Å². The summed E-state index contributed by atoms with van der Waals surface area (Å²) >= 11 is 0. The normalized spacial score (nSPS) is 9.00. The summed E-state index contributed by atoms with van der Waals surface area (Å²) in [6.07, 6.45) is 0. The van der Waals surface area contributed by atoms with Crippen molar-refractivity contribution >= 4 is 17.1 Å². The molecule has 3 nitrogen and oxygen atoms in total. The van der Waals surface area contributed by atoms with E-state index in [1.165, 1.54) is 0 Å². The first kappa shape index (κ1) is 12.9. The smallest absolute Gasteiger partial charge is 0.356 e. The number of para-hydroxylation sites is 1. The summed E-state index contributed by atoms with van der Waals surface area (Å²) in [7, 11) is 0. The van der Waals surface area contributed by atoms with E-state index in [1.54, 1.807) is 12.1 Å². The number of nitrogens with one attached hydrogen (secondary N) is 1. The maximum absolute atomic E-state index is 10.2. The van der Waals surface area contributed by atoms with Gasteiger partial charge >= 0.3 is 29.6 Å². The van der Waals surface area contributed by atoms with E-state index in [2.05, 4.69) is 10.5 Å². The zero-order chi connectivity index (χ0) is 10.5. The van der Waals surface area contributed by atoms with Crippen molar-refractivity contribution in [2.45, 2.75) is 0 Å². The van der Waals surface area contributed by atoms with Crippen molar-refractivity contribution in [3.05, 3.63) is 59.5 Å². The van der Waals surface area contributed by atoms with Gasteiger partial charge in [0.25, 0.3) is 0 Å². The van der Waals surface area contributed by atoms with Crippen LogP contribution in [-0.2, 0) is 0 Å². The minimum Gasteiger partial charge on any atom is -0.356 e. The first-order chi connectivity index (χ1) is 7.38. The Bertz CT molecular complexity index is 442. The predicted octanol–water partition coefficient (Wildman–Crippen LogP) is 0.832. The number of nitroso groups, excluding NO2 is 1. The number of rotatable bonds is 3. The molecule has 0 amide bonds. The number of hydrogen-bond acceptors (Lipinski definition) is 3. The van der Waals surface area contributed by atoms with E-state index in [-0.39, 0.29) is 29.6 Å². The fourth-order valence-electron chi connectivity index (χ4n) is 1.29. The van der Waals surface area contributed by atoms with E-state index in [1.807, 2.05) is 42.5 Å². The molecule has 0 spiro atoms. The molecule has 74 valence electrons. The van der Waals surface area contributed by atoms with Gasteiger partial charge in [0, 0.05) is 11.4 Å². The van der Waals surface area contributed by atoms with E-state index in [4.69, 9.17) is 0 Å². The molecule has 0 aliphatic carbocycles. The quantitative estimate of drug-likeness (QED) is 0.616. The molecular formula is C12H10N2NaO+. The first-order valence-electron chi connectivity index (χ1n) is 4.64. The van der Waals surface area contributed by atoms with Gasteiger partial charge in [0.1, 0.15) is 5.69 Å². The number of anilines is 2. The maximum Gasteiger partial charge on any atom is 1.00 e. The molecule has 16 heavy (non-hydrogen) atoms. The molecule has 0 bridgehead atoms. The Morgan fingerprint density at radius 3 is 1.94 bits per heavy atom. The van der Waals surface area contributed by atoms with Crippen LogP contribution in [0.2, 0.25) is 0 Å². The molecule has 0 saturated carbocycles. The largest absolute Gasteiger partial charge is 1.00 e. The van der Waals surface area contributed by atoms with Crippen LogP contribution >= 0.6 is 0 Å². The molecule has 2 rings (SSSR count). The van der Waals surface area contributed by atoms with E-state index in [9.17, 15) is 4.91 Å². The standard InChI is InChI=1S/C12H10N2O.Na/c15-14-12-8-6-11(7-9-12)13-10-4-2-1-3-5-10;/h1-9,13H;/q;+1. The summed E-state index contributed by atoms with van der Waals surface area (Å²) in [5, 5.41) is 6.05. The van der Waals surface area contributed by atoms with Crippen LogP contribution in [0.3, 0.4) is 0 Å². The van der Waals surface area contributed by atoms with E-state index in [0.717, 1.165) is 11.4 Å². The van der Waals surface area contributed by atoms with E-state index in [0.29, 0.717) is 5.69 Å². The molecule has 2 aromatic carbocycles. The number of nitrogens with zero attached hydrogens (tertiary/aromatic N) is 1. The van der Waals surface area contributed by atoms with Crippen molar-refractivity contribution in [2.75, 3.05) is 5.32 Å². The van der Waals surface area contributed by atoms with Gasteiger partial charge in [-0.25, -0.2) is 0 Å². The third kappa shape index (κ3) is 3.45. The summed E-state index contributed by atoms with van der Waals surface area (Å²) in [5.74, 6) is 0. The van der Waals surface area contributed by atoms with Crippen LogP contribution in [0.1, 0.15) is 0 Å². The van der Waals surface area contributed by atoms with Gasteiger partial charge in [-0.2, -0.15) is 0 Å². The molecule has 4 heteroatoms. The van der Waals surface area contributed by atoms with Crippen molar-refractivity contribution in [3.8, 4) is 0 Å². The maximum atomic E-state index is 10.2. The molecule has 0 aliphatic heterocycles. The minimum absolute atomic E-state index is 0. The second-order valence-corrected chi connectivity index (χ2v) is 3.13. The number of hydrogen-bond donors (Lipinski definition) is 1. The van der Waals surface area contributed by atoms with Gasteiger partial charge in [-0.15, -0.1) is 4.91 Å². The van der Waals surface area contributed by atoms with Crippen molar-refractivity contribution in [2.24, 2.45) is 5.18 Å². The molecule has 1 N–H and O–H groups in total. The number of benzene rings is 2. The third-order valence-corrected chi connectivity index (χ3v) is 2.04. The molecule has 0 fully saturated rings. The van der Waals surface area contributed by atoms with Crippen molar-refractivity contribution in [1.82, 2.24) is 0 Å². The second kappa shape index (κ2) is 6.43. The molecule has 0 atom stereocenters. The van der Waals surface area contributed by atoms with Crippen LogP contribution in [0.15, 0.2) is 59.8 Å². The van der Waals surface area contributed by atoms with Gasteiger partial charge in [0.2, 0.25) is 0 Å². The Morgan fingerprint density at radius 2 is 1.38 bits per heavy atom. The van der Waals surface area contributed by atoms with Crippen molar-refractivity contribution in [3.63, 3.8) is 0 Å². The second-order valence-electron chi connectivity index (χ2n) is 3.13. The Balaban J connectivity index is 0.00000128. The van der Waals surface area contributed by atoms with Gasteiger partial charge < -0.3 is 5.32 Å². The zero-order valence-corrected chi connectivity index (χ0v) is 11.1. The summed E-state index contributed by atoms with van der Waals surface area (Å²) in [6.45, 7) is 0. The third-order valence-electron chi connectivity index (χ3n) is 2.04. The topological polar surface area (TPSA) is 41.5 Å². The zero-order valence-electron chi connectivity index (χ0n) is 9.05. The first-order valence-corrected chi connectivity index (χ1v) is 4.64. The Hall–Kier alpha value is -1.16. The van der Waals surface area contributed by atoms with Gasteiger partial charge in [-0.3, -0.25) is 0 Å². The monoisotopic (exact) mass is 221 g/mol. The Morgan fingerprint density at radius 1 is 0.812 bits per heavy atom. The molecule has 0 aliphatic rings.